The molecule has 8 N–H and O–H groups in total. The molecule has 0 aromatic heterocycles. The summed E-state index contributed by atoms with van der Waals surface area (Å²) in [6, 6.07) is 0. The van der Waals surface area contributed by atoms with Crippen LogP contribution in [0.5, 0.6) is 0 Å². The highest BCUT2D eigenvalue weighted by molar-refractivity contribution is 5.76. The Hall–Kier alpha value is -0.770. The van der Waals surface area contributed by atoms with Crippen LogP contribution >= 0.6 is 0 Å². The molecule has 0 aromatic rings. The van der Waals surface area contributed by atoms with Gasteiger partial charge in [0.2, 0.25) is 5.91 Å². The summed E-state index contributed by atoms with van der Waals surface area (Å²) < 4.78 is 0. The first kappa shape index (κ1) is 13.2. The molecule has 8 heteroatoms. The largest absolute Gasteiger partial charge is 0.333 e. The predicted octanol–water partition coefficient (Wildman–Crippen LogP) is -2.17. The van der Waals surface area contributed by atoms with E-state index < -0.39 is 18.5 Å². The fraction of sp³-hybridized carbons (Fsp3) is 0.833. The molecule has 0 radical (unpaired) electrons. The van der Waals surface area contributed by atoms with Crippen molar-refractivity contribution >= 4 is 5.91 Å². The SMILES string of the molecule is CCC(=O)NC(N)(COO)C(N)ON. The van der Waals surface area contributed by atoms with E-state index in [0.717, 1.165) is 0 Å². The van der Waals surface area contributed by atoms with Crippen molar-refractivity contribution in [2.75, 3.05) is 6.61 Å². The van der Waals surface area contributed by atoms with Gasteiger partial charge in [0.15, 0.2) is 11.9 Å². The fourth-order valence-electron chi connectivity index (χ4n) is 0.766. The number of rotatable bonds is 6. The van der Waals surface area contributed by atoms with E-state index in [0.29, 0.717) is 0 Å². The second kappa shape index (κ2) is 5.86. The maximum atomic E-state index is 11.0. The first-order chi connectivity index (χ1) is 6.50. The van der Waals surface area contributed by atoms with E-state index in [-0.39, 0.29) is 12.3 Å². The molecular weight excluding hydrogens is 192 g/mol. The van der Waals surface area contributed by atoms with Crippen LogP contribution in [-0.2, 0) is 14.5 Å². The molecule has 0 spiro atoms. The van der Waals surface area contributed by atoms with Crippen molar-refractivity contribution in [2.45, 2.75) is 25.2 Å². The van der Waals surface area contributed by atoms with Crippen molar-refractivity contribution in [2.24, 2.45) is 17.4 Å². The van der Waals surface area contributed by atoms with E-state index in [1.165, 1.54) is 0 Å². The van der Waals surface area contributed by atoms with Crippen molar-refractivity contribution in [3.05, 3.63) is 0 Å². The van der Waals surface area contributed by atoms with Gasteiger partial charge in [-0.25, -0.2) is 10.8 Å². The minimum Gasteiger partial charge on any atom is -0.333 e. The molecule has 0 bridgehead atoms. The molecule has 0 aliphatic heterocycles. The number of nitrogens with one attached hydrogen (secondary N) is 1. The molecule has 0 saturated carbocycles. The molecule has 1 amide bonds. The zero-order valence-electron chi connectivity index (χ0n) is 7.90. The molecule has 0 rings (SSSR count). The van der Waals surface area contributed by atoms with Crippen molar-refractivity contribution in [3.8, 4) is 0 Å². The molecule has 0 saturated heterocycles. The molecule has 0 aliphatic rings. The van der Waals surface area contributed by atoms with E-state index in [2.05, 4.69) is 15.0 Å². The Balaban J connectivity index is 4.45. The minimum atomic E-state index is -1.56. The molecule has 14 heavy (non-hydrogen) atoms. The van der Waals surface area contributed by atoms with Gasteiger partial charge in [-0.15, -0.1) is 0 Å². The lowest BCUT2D eigenvalue weighted by atomic mass is 10.1. The van der Waals surface area contributed by atoms with Crippen LogP contribution in [0.1, 0.15) is 13.3 Å². The van der Waals surface area contributed by atoms with Crippen LogP contribution in [-0.4, -0.2) is 29.7 Å². The first-order valence-corrected chi connectivity index (χ1v) is 3.97. The smallest absolute Gasteiger partial charge is 0.221 e. The average Bonchev–Trinajstić information content (AvgIpc) is 2.16. The second-order valence-corrected chi connectivity index (χ2v) is 2.77. The van der Waals surface area contributed by atoms with Crippen molar-refractivity contribution < 1.29 is 19.8 Å². The van der Waals surface area contributed by atoms with Crippen molar-refractivity contribution in [3.63, 3.8) is 0 Å². The highest BCUT2D eigenvalue weighted by Crippen LogP contribution is 2.02. The number of hydrogen-bond acceptors (Lipinski definition) is 7. The van der Waals surface area contributed by atoms with E-state index in [1.54, 1.807) is 6.92 Å². The summed E-state index contributed by atoms with van der Waals surface area (Å²) in [7, 11) is 0. The Bertz CT molecular complexity index is 191. The van der Waals surface area contributed by atoms with Crippen LogP contribution in [0.4, 0.5) is 0 Å². The molecule has 0 heterocycles. The van der Waals surface area contributed by atoms with Crippen LogP contribution in [0.2, 0.25) is 0 Å². The summed E-state index contributed by atoms with van der Waals surface area (Å²) in [5.74, 6) is 4.45. The zero-order chi connectivity index (χ0) is 11.2. The lowest BCUT2D eigenvalue weighted by Gasteiger charge is -2.32. The summed E-state index contributed by atoms with van der Waals surface area (Å²) in [5, 5.41) is 10.6. The topological polar surface area (TPSA) is 146 Å². The Labute approximate surface area is 81.2 Å². The minimum absolute atomic E-state index is 0.210. The number of nitrogens with two attached hydrogens (primary N) is 3. The normalized spacial score (nSPS) is 17.2. The van der Waals surface area contributed by atoms with Crippen LogP contribution in [0.25, 0.3) is 0 Å². The second-order valence-electron chi connectivity index (χ2n) is 2.77. The quantitative estimate of drug-likeness (QED) is 0.190. The zero-order valence-corrected chi connectivity index (χ0v) is 7.90. The maximum Gasteiger partial charge on any atom is 0.221 e. The third kappa shape index (κ3) is 3.54. The van der Waals surface area contributed by atoms with E-state index in [4.69, 9.17) is 22.6 Å². The van der Waals surface area contributed by atoms with E-state index in [9.17, 15) is 4.79 Å². The molecule has 2 unspecified atom stereocenters. The lowest BCUT2D eigenvalue weighted by Crippen LogP contribution is -2.70. The highest BCUT2D eigenvalue weighted by atomic mass is 17.1. The van der Waals surface area contributed by atoms with E-state index in [1.807, 2.05) is 0 Å². The summed E-state index contributed by atoms with van der Waals surface area (Å²) in [4.78, 5) is 19.1. The lowest BCUT2D eigenvalue weighted by molar-refractivity contribution is -0.262. The van der Waals surface area contributed by atoms with Crippen LogP contribution in [0.15, 0.2) is 0 Å². The third-order valence-electron chi connectivity index (χ3n) is 1.65. The van der Waals surface area contributed by atoms with Gasteiger partial charge in [-0.05, 0) is 0 Å². The molecule has 0 aromatic carbocycles. The monoisotopic (exact) mass is 208 g/mol. The van der Waals surface area contributed by atoms with Gasteiger partial charge < -0.3 is 16.8 Å². The van der Waals surface area contributed by atoms with Crippen LogP contribution < -0.4 is 22.7 Å². The summed E-state index contributed by atoms with van der Waals surface area (Å²) >= 11 is 0. The Morgan fingerprint density at radius 3 is 2.64 bits per heavy atom. The highest BCUT2D eigenvalue weighted by Gasteiger charge is 2.35. The van der Waals surface area contributed by atoms with Crippen molar-refractivity contribution in [1.29, 1.82) is 0 Å². The van der Waals surface area contributed by atoms with Gasteiger partial charge in [-0.1, -0.05) is 6.92 Å². The molecular formula is C6H16N4O4. The molecule has 0 aliphatic carbocycles. The van der Waals surface area contributed by atoms with Crippen LogP contribution in [0, 0.1) is 0 Å². The maximum absolute atomic E-state index is 11.0. The Morgan fingerprint density at radius 2 is 2.29 bits per heavy atom. The summed E-state index contributed by atoms with van der Waals surface area (Å²) in [6.07, 6.45) is -0.980. The fourth-order valence-corrected chi connectivity index (χ4v) is 0.766. The van der Waals surface area contributed by atoms with Gasteiger partial charge in [0.05, 0.1) is 0 Å². The van der Waals surface area contributed by atoms with E-state index >= 15 is 0 Å². The standard InChI is InChI=1S/C6H16N4O4/c1-2-4(11)10-6(8,3-13-12)5(7)14-9/h5,12H,2-3,7-9H2,1H3,(H,10,11). The first-order valence-electron chi connectivity index (χ1n) is 3.97. The number of carbonyl (C=O) groups is 1. The molecule has 84 valence electrons. The van der Waals surface area contributed by atoms with Crippen molar-refractivity contribution in [1.82, 2.24) is 5.32 Å². The van der Waals surface area contributed by atoms with Gasteiger partial charge in [-0.3, -0.25) is 14.9 Å². The van der Waals surface area contributed by atoms with Crippen LogP contribution in [0.3, 0.4) is 0 Å². The Morgan fingerprint density at radius 1 is 1.71 bits per heavy atom. The van der Waals surface area contributed by atoms with Gasteiger partial charge >= 0.3 is 0 Å². The molecule has 0 fully saturated rings. The summed E-state index contributed by atoms with van der Waals surface area (Å²) in [5.41, 5.74) is 9.40. The number of hydrogen-bond donors (Lipinski definition) is 5. The average molecular weight is 208 g/mol. The van der Waals surface area contributed by atoms with Gasteiger partial charge in [0.25, 0.3) is 0 Å². The van der Waals surface area contributed by atoms with Gasteiger partial charge in [-0.2, -0.15) is 0 Å². The van der Waals surface area contributed by atoms with Gasteiger partial charge in [0.1, 0.15) is 6.61 Å². The Kier molecular flexibility index (Phi) is 5.53. The summed E-state index contributed by atoms with van der Waals surface area (Å²) in [6.45, 7) is 1.20. The third-order valence-corrected chi connectivity index (χ3v) is 1.65. The molecule has 2 atom stereocenters. The van der Waals surface area contributed by atoms with Gasteiger partial charge in [0, 0.05) is 6.42 Å². The predicted molar refractivity (Wildman–Crippen MR) is 47.2 cm³/mol. The number of amides is 1. The number of carbonyl (C=O) groups excluding carboxylic acids is 1. The molecule has 8 nitrogen and oxygen atoms in total.